The molecule has 0 amide bonds. The van der Waals surface area contributed by atoms with Gasteiger partial charge in [-0.25, -0.2) is 9.78 Å². The first-order valence-electron chi connectivity index (χ1n) is 11.3. The average molecular weight is 535 g/mol. The third kappa shape index (κ3) is 5.24. The number of aryl methyl sites for hydroxylation is 2. The van der Waals surface area contributed by atoms with E-state index < -0.39 is 5.97 Å². The van der Waals surface area contributed by atoms with Gasteiger partial charge >= 0.3 is 5.97 Å². The summed E-state index contributed by atoms with van der Waals surface area (Å²) >= 11 is 5.15. The van der Waals surface area contributed by atoms with Crippen molar-refractivity contribution in [2.24, 2.45) is 0 Å². The highest BCUT2D eigenvalue weighted by Gasteiger charge is 2.20. The predicted octanol–water partition coefficient (Wildman–Crippen LogP) is 5.41. The van der Waals surface area contributed by atoms with E-state index in [0.29, 0.717) is 34.0 Å². The summed E-state index contributed by atoms with van der Waals surface area (Å²) in [5, 5.41) is 0.735. The first kappa shape index (κ1) is 23.8. The van der Waals surface area contributed by atoms with E-state index in [-0.39, 0.29) is 18.8 Å². The molecule has 4 rings (SSSR count). The molecule has 1 aliphatic carbocycles. The number of aromatic nitrogens is 2. The second kappa shape index (κ2) is 10.7. The van der Waals surface area contributed by atoms with Crippen LogP contribution in [0.5, 0.6) is 11.5 Å². The van der Waals surface area contributed by atoms with Crippen molar-refractivity contribution in [2.45, 2.75) is 52.4 Å². The van der Waals surface area contributed by atoms with E-state index >= 15 is 0 Å². The largest absolute Gasteiger partial charge is 0.490 e. The molecule has 176 valence electrons. The topological polar surface area (TPSA) is 90.5 Å². The Hall–Kier alpha value is -2.39. The van der Waals surface area contributed by atoms with Crippen molar-refractivity contribution in [2.75, 3.05) is 19.8 Å². The molecule has 0 atom stereocenters. The number of nitrogens with one attached hydrogen (secondary N) is 1. The molecule has 0 bridgehead atoms. The highest BCUT2D eigenvalue weighted by Crippen LogP contribution is 2.40. The lowest BCUT2D eigenvalue weighted by Crippen LogP contribution is -2.15. The van der Waals surface area contributed by atoms with Crippen LogP contribution in [-0.2, 0) is 22.4 Å². The molecule has 0 fully saturated rings. The van der Waals surface area contributed by atoms with Crippen LogP contribution >= 0.6 is 27.3 Å². The molecule has 9 heteroatoms. The number of H-pyrrole nitrogens is 1. The molecule has 0 unspecified atom stereocenters. The van der Waals surface area contributed by atoms with Crippen LogP contribution in [0.25, 0.3) is 21.6 Å². The third-order valence-electron chi connectivity index (χ3n) is 5.55. The van der Waals surface area contributed by atoms with Crippen LogP contribution in [0, 0.1) is 0 Å². The predicted molar refractivity (Wildman–Crippen MR) is 133 cm³/mol. The number of fused-ring (bicyclic) bond motifs is 3. The number of hydrogen-bond donors (Lipinski definition) is 1. The Morgan fingerprint density at radius 3 is 2.67 bits per heavy atom. The van der Waals surface area contributed by atoms with Crippen LogP contribution in [0.1, 0.15) is 50.0 Å². The Kier molecular flexibility index (Phi) is 7.70. The van der Waals surface area contributed by atoms with E-state index in [1.807, 2.05) is 6.92 Å². The lowest BCUT2D eigenvalue weighted by atomic mass is 9.98. The fourth-order valence-corrected chi connectivity index (χ4v) is 5.91. The van der Waals surface area contributed by atoms with Gasteiger partial charge in [0.1, 0.15) is 10.7 Å². The minimum Gasteiger partial charge on any atom is -0.490 e. The summed E-state index contributed by atoms with van der Waals surface area (Å²) in [6.07, 6.45) is 6.66. The Morgan fingerprint density at radius 1 is 1.12 bits per heavy atom. The van der Waals surface area contributed by atoms with Gasteiger partial charge in [-0.3, -0.25) is 4.79 Å². The molecule has 0 saturated heterocycles. The molecule has 0 aliphatic heterocycles. The molecule has 1 aromatic carbocycles. The molecular formula is C24H27BrN2O5S. The maximum atomic E-state index is 13.1. The van der Waals surface area contributed by atoms with Gasteiger partial charge in [0, 0.05) is 10.4 Å². The number of rotatable bonds is 7. The van der Waals surface area contributed by atoms with E-state index in [2.05, 4.69) is 20.9 Å². The fourth-order valence-electron chi connectivity index (χ4n) is 4.10. The van der Waals surface area contributed by atoms with Gasteiger partial charge in [-0.05, 0) is 73.2 Å². The number of halogens is 1. The normalized spacial score (nSPS) is 13.8. The Labute approximate surface area is 204 Å². The van der Waals surface area contributed by atoms with Crippen molar-refractivity contribution in [3.8, 4) is 22.9 Å². The SMILES string of the molecule is CCOC(=O)COc1c(Br)cc(-c2nc3sc4c(c3c(=O)[nH]2)CCCCCC4)cc1OCC. The summed E-state index contributed by atoms with van der Waals surface area (Å²) < 4.78 is 16.9. The molecule has 1 aliphatic rings. The fraction of sp³-hybridized carbons (Fsp3) is 0.458. The van der Waals surface area contributed by atoms with Crippen LogP contribution in [0.2, 0.25) is 0 Å². The quantitative estimate of drug-likeness (QED) is 0.407. The van der Waals surface area contributed by atoms with Gasteiger partial charge in [-0.1, -0.05) is 12.8 Å². The summed E-state index contributed by atoms with van der Waals surface area (Å²) in [7, 11) is 0. The molecule has 7 nitrogen and oxygen atoms in total. The summed E-state index contributed by atoms with van der Waals surface area (Å²) in [6.45, 7) is 4.07. The number of benzene rings is 1. The van der Waals surface area contributed by atoms with Crippen LogP contribution in [0.4, 0.5) is 0 Å². The van der Waals surface area contributed by atoms with Gasteiger partial charge in [0.15, 0.2) is 18.1 Å². The van der Waals surface area contributed by atoms with Gasteiger partial charge < -0.3 is 19.2 Å². The number of ether oxygens (including phenoxy) is 3. The lowest BCUT2D eigenvalue weighted by Gasteiger charge is -2.15. The van der Waals surface area contributed by atoms with Crippen molar-refractivity contribution in [3.05, 3.63) is 37.4 Å². The lowest BCUT2D eigenvalue weighted by molar-refractivity contribution is -0.145. The molecule has 33 heavy (non-hydrogen) atoms. The van der Waals surface area contributed by atoms with Gasteiger partial charge in [0.05, 0.1) is 23.1 Å². The molecular weight excluding hydrogens is 508 g/mol. The number of aromatic amines is 1. The molecule has 0 spiro atoms. The minimum absolute atomic E-state index is 0.107. The highest BCUT2D eigenvalue weighted by molar-refractivity contribution is 9.10. The van der Waals surface area contributed by atoms with Gasteiger partial charge in [0.25, 0.3) is 5.56 Å². The van der Waals surface area contributed by atoms with Crippen LogP contribution < -0.4 is 15.0 Å². The summed E-state index contributed by atoms with van der Waals surface area (Å²) in [5.41, 5.74) is 1.76. The number of thiophene rings is 1. The summed E-state index contributed by atoms with van der Waals surface area (Å²) in [5.74, 6) is 0.865. The Balaban J connectivity index is 1.72. The zero-order valence-corrected chi connectivity index (χ0v) is 21.2. The number of hydrogen-bond acceptors (Lipinski definition) is 7. The molecule has 3 aromatic rings. The first-order chi connectivity index (χ1) is 16.0. The van der Waals surface area contributed by atoms with Gasteiger partial charge in [-0.15, -0.1) is 11.3 Å². The second-order valence-electron chi connectivity index (χ2n) is 7.82. The van der Waals surface area contributed by atoms with Crippen molar-refractivity contribution >= 4 is 43.5 Å². The number of carbonyl (C=O) groups excluding carboxylic acids is 1. The number of nitrogens with zero attached hydrogens (tertiary/aromatic N) is 1. The zero-order chi connectivity index (χ0) is 23.4. The average Bonchev–Trinajstić information content (AvgIpc) is 3.10. The monoisotopic (exact) mass is 534 g/mol. The van der Waals surface area contributed by atoms with Crippen LogP contribution in [0.3, 0.4) is 0 Å². The van der Waals surface area contributed by atoms with Crippen LogP contribution in [0.15, 0.2) is 21.4 Å². The van der Waals surface area contributed by atoms with Gasteiger partial charge in [0.2, 0.25) is 0 Å². The van der Waals surface area contributed by atoms with Crippen LogP contribution in [-0.4, -0.2) is 35.8 Å². The third-order valence-corrected chi connectivity index (χ3v) is 7.32. The molecule has 0 radical (unpaired) electrons. The van der Waals surface area contributed by atoms with E-state index in [4.69, 9.17) is 19.2 Å². The number of esters is 1. The molecule has 0 saturated carbocycles. The molecule has 2 heterocycles. The van der Waals surface area contributed by atoms with Crippen molar-refractivity contribution < 1.29 is 19.0 Å². The maximum Gasteiger partial charge on any atom is 0.344 e. The first-order valence-corrected chi connectivity index (χ1v) is 12.9. The van der Waals surface area contributed by atoms with E-state index in [1.165, 1.54) is 23.3 Å². The zero-order valence-electron chi connectivity index (χ0n) is 18.8. The summed E-state index contributed by atoms with van der Waals surface area (Å²) in [4.78, 5) is 34.7. The van der Waals surface area contributed by atoms with Crippen molar-refractivity contribution in [1.29, 1.82) is 0 Å². The minimum atomic E-state index is -0.458. The van der Waals surface area contributed by atoms with E-state index in [9.17, 15) is 9.59 Å². The Bertz CT molecular complexity index is 1220. The van der Waals surface area contributed by atoms with Gasteiger partial charge in [-0.2, -0.15) is 0 Å². The maximum absolute atomic E-state index is 13.1. The van der Waals surface area contributed by atoms with E-state index in [1.54, 1.807) is 30.4 Å². The smallest absolute Gasteiger partial charge is 0.344 e. The Morgan fingerprint density at radius 2 is 1.91 bits per heavy atom. The summed E-state index contributed by atoms with van der Waals surface area (Å²) in [6, 6.07) is 3.57. The second-order valence-corrected chi connectivity index (χ2v) is 9.76. The number of carbonyl (C=O) groups is 1. The molecule has 2 aromatic heterocycles. The molecule has 1 N–H and O–H groups in total. The van der Waals surface area contributed by atoms with Crippen molar-refractivity contribution in [1.82, 2.24) is 9.97 Å². The standard InChI is InChI=1S/C24H27BrN2O5S/c1-3-30-17-12-14(11-16(25)21(17)32-13-19(28)31-4-2)22-26-23(29)20-15-9-7-5-6-8-10-18(15)33-24(20)27-22/h11-12H,3-10,13H2,1-2H3,(H,26,27,29). The van der Waals surface area contributed by atoms with Crippen molar-refractivity contribution in [3.63, 3.8) is 0 Å². The van der Waals surface area contributed by atoms with E-state index in [0.717, 1.165) is 35.9 Å². The highest BCUT2D eigenvalue weighted by atomic mass is 79.9.